The standard InChI is InChI=1S/C15H25N3O2/c1-12-10-18(11-13(2)20-12)15(19)14-4-8-17(9-5-14)7-3-6-16/h12-14H,3-5,7-11H2,1-2H3. The van der Waals surface area contributed by atoms with Gasteiger partial charge >= 0.3 is 0 Å². The van der Waals surface area contributed by atoms with Gasteiger partial charge in [-0.25, -0.2) is 0 Å². The number of hydrogen-bond acceptors (Lipinski definition) is 4. The SMILES string of the molecule is CC1CN(C(=O)C2CCN(CCC#N)CC2)CC(C)O1. The maximum Gasteiger partial charge on any atom is 0.225 e. The molecule has 112 valence electrons. The molecule has 0 bridgehead atoms. The number of nitriles is 1. The number of nitrogens with zero attached hydrogens (tertiary/aromatic N) is 3. The van der Waals surface area contributed by atoms with Crippen molar-refractivity contribution in [3.05, 3.63) is 0 Å². The van der Waals surface area contributed by atoms with E-state index in [4.69, 9.17) is 10.00 Å². The van der Waals surface area contributed by atoms with E-state index in [1.54, 1.807) is 0 Å². The first-order chi connectivity index (χ1) is 9.60. The molecule has 1 amide bonds. The fraction of sp³-hybridized carbons (Fsp3) is 0.867. The zero-order valence-electron chi connectivity index (χ0n) is 12.5. The summed E-state index contributed by atoms with van der Waals surface area (Å²) in [7, 11) is 0. The van der Waals surface area contributed by atoms with Gasteiger partial charge in [0.05, 0.1) is 18.3 Å². The minimum Gasteiger partial charge on any atom is -0.372 e. The molecule has 0 saturated carbocycles. The highest BCUT2D eigenvalue weighted by atomic mass is 16.5. The molecular formula is C15H25N3O2. The third-order valence-corrected chi connectivity index (χ3v) is 4.21. The minimum absolute atomic E-state index is 0.137. The molecule has 0 aromatic heterocycles. The molecule has 5 heteroatoms. The first kappa shape index (κ1) is 15.3. The third-order valence-electron chi connectivity index (χ3n) is 4.21. The van der Waals surface area contributed by atoms with Crippen molar-refractivity contribution >= 4 is 5.91 Å². The van der Waals surface area contributed by atoms with Gasteiger partial charge in [-0.05, 0) is 39.8 Å². The Balaban J connectivity index is 1.81. The molecular weight excluding hydrogens is 254 g/mol. The molecule has 2 rings (SSSR count). The Hall–Kier alpha value is -1.12. The monoisotopic (exact) mass is 279 g/mol. The number of ether oxygens (including phenoxy) is 1. The molecule has 2 aliphatic rings. The lowest BCUT2D eigenvalue weighted by atomic mass is 9.94. The average molecular weight is 279 g/mol. The smallest absolute Gasteiger partial charge is 0.225 e. The van der Waals surface area contributed by atoms with Crippen molar-refractivity contribution in [2.45, 2.75) is 45.3 Å². The molecule has 2 aliphatic heterocycles. The minimum atomic E-state index is 0.137. The first-order valence-electron chi connectivity index (χ1n) is 7.63. The van der Waals surface area contributed by atoms with E-state index in [0.29, 0.717) is 12.3 Å². The Kier molecular flexibility index (Phi) is 5.38. The van der Waals surface area contributed by atoms with Crippen LogP contribution in [0, 0.1) is 17.2 Å². The van der Waals surface area contributed by atoms with Crippen LogP contribution in [0.2, 0.25) is 0 Å². The van der Waals surface area contributed by atoms with E-state index in [1.165, 1.54) is 0 Å². The van der Waals surface area contributed by atoms with Crippen LogP contribution in [0.3, 0.4) is 0 Å². The largest absolute Gasteiger partial charge is 0.372 e. The molecule has 0 aromatic rings. The van der Waals surface area contributed by atoms with E-state index >= 15 is 0 Å². The number of rotatable bonds is 3. The van der Waals surface area contributed by atoms with Gasteiger partial charge in [0.25, 0.3) is 0 Å². The maximum atomic E-state index is 12.6. The van der Waals surface area contributed by atoms with Crippen LogP contribution in [-0.4, -0.2) is 60.6 Å². The zero-order valence-corrected chi connectivity index (χ0v) is 12.5. The second-order valence-electron chi connectivity index (χ2n) is 6.02. The molecule has 5 nitrogen and oxygen atoms in total. The summed E-state index contributed by atoms with van der Waals surface area (Å²) in [5.74, 6) is 0.456. The third kappa shape index (κ3) is 3.94. The van der Waals surface area contributed by atoms with Gasteiger partial charge in [-0.15, -0.1) is 0 Å². The summed E-state index contributed by atoms with van der Waals surface area (Å²) < 4.78 is 5.68. The van der Waals surface area contributed by atoms with Crippen LogP contribution in [0.4, 0.5) is 0 Å². The highest BCUT2D eigenvalue weighted by molar-refractivity contribution is 5.79. The summed E-state index contributed by atoms with van der Waals surface area (Å²) in [6, 6.07) is 2.18. The summed E-state index contributed by atoms with van der Waals surface area (Å²) in [4.78, 5) is 16.8. The molecule has 0 aliphatic carbocycles. The maximum absolute atomic E-state index is 12.6. The molecule has 0 spiro atoms. The Morgan fingerprint density at radius 1 is 1.25 bits per heavy atom. The highest BCUT2D eigenvalue weighted by Gasteiger charge is 2.32. The first-order valence-corrected chi connectivity index (χ1v) is 7.63. The molecule has 2 unspecified atom stereocenters. The van der Waals surface area contributed by atoms with Crippen LogP contribution >= 0.6 is 0 Å². The number of carbonyl (C=O) groups is 1. The normalized spacial score (nSPS) is 29.1. The van der Waals surface area contributed by atoms with Crippen LogP contribution in [0.5, 0.6) is 0 Å². The van der Waals surface area contributed by atoms with Crippen molar-refractivity contribution in [1.82, 2.24) is 9.80 Å². The van der Waals surface area contributed by atoms with Crippen molar-refractivity contribution in [3.8, 4) is 6.07 Å². The van der Waals surface area contributed by atoms with E-state index in [1.807, 2.05) is 18.7 Å². The summed E-state index contributed by atoms with van der Waals surface area (Å²) in [6.07, 6.45) is 2.70. The predicted octanol–water partition coefficient (Wildman–Crippen LogP) is 1.25. The Morgan fingerprint density at radius 3 is 2.40 bits per heavy atom. The summed E-state index contributed by atoms with van der Waals surface area (Å²) in [5, 5.41) is 8.61. The van der Waals surface area contributed by atoms with Crippen molar-refractivity contribution in [3.63, 3.8) is 0 Å². The van der Waals surface area contributed by atoms with Crippen LogP contribution in [0.1, 0.15) is 33.1 Å². The van der Waals surface area contributed by atoms with E-state index in [0.717, 1.165) is 45.6 Å². The molecule has 2 saturated heterocycles. The van der Waals surface area contributed by atoms with Gasteiger partial charge in [-0.3, -0.25) is 4.79 Å². The second kappa shape index (κ2) is 7.05. The van der Waals surface area contributed by atoms with Crippen molar-refractivity contribution in [2.75, 3.05) is 32.7 Å². The van der Waals surface area contributed by atoms with Crippen LogP contribution in [0.25, 0.3) is 0 Å². The van der Waals surface area contributed by atoms with Crippen molar-refractivity contribution in [2.24, 2.45) is 5.92 Å². The highest BCUT2D eigenvalue weighted by Crippen LogP contribution is 2.22. The van der Waals surface area contributed by atoms with Gasteiger partial charge in [0.1, 0.15) is 0 Å². The number of carbonyl (C=O) groups excluding carboxylic acids is 1. The number of likely N-dealkylation sites (tertiary alicyclic amines) is 1. The number of hydrogen-bond donors (Lipinski definition) is 0. The summed E-state index contributed by atoms with van der Waals surface area (Å²) in [5.41, 5.74) is 0. The van der Waals surface area contributed by atoms with Gasteiger partial charge in [0, 0.05) is 32.0 Å². The second-order valence-corrected chi connectivity index (χ2v) is 6.02. The lowest BCUT2D eigenvalue weighted by molar-refractivity contribution is -0.148. The van der Waals surface area contributed by atoms with Crippen molar-refractivity contribution in [1.29, 1.82) is 5.26 Å². The van der Waals surface area contributed by atoms with Gasteiger partial charge in [0.2, 0.25) is 5.91 Å². The lowest BCUT2D eigenvalue weighted by Crippen LogP contribution is -2.51. The number of morpholine rings is 1. The number of piperidine rings is 1. The fourth-order valence-electron chi connectivity index (χ4n) is 3.23. The lowest BCUT2D eigenvalue weighted by Gasteiger charge is -2.39. The van der Waals surface area contributed by atoms with Crippen LogP contribution in [0.15, 0.2) is 0 Å². The van der Waals surface area contributed by atoms with Gasteiger partial charge in [-0.1, -0.05) is 0 Å². The quantitative estimate of drug-likeness (QED) is 0.780. The zero-order chi connectivity index (χ0) is 14.5. The predicted molar refractivity (Wildman–Crippen MR) is 76.0 cm³/mol. The van der Waals surface area contributed by atoms with Gasteiger partial charge < -0.3 is 14.5 Å². The van der Waals surface area contributed by atoms with E-state index in [-0.39, 0.29) is 18.1 Å². The molecule has 2 fully saturated rings. The van der Waals surface area contributed by atoms with Gasteiger partial charge in [0.15, 0.2) is 0 Å². The van der Waals surface area contributed by atoms with E-state index in [9.17, 15) is 4.79 Å². The van der Waals surface area contributed by atoms with Crippen LogP contribution < -0.4 is 0 Å². The molecule has 20 heavy (non-hydrogen) atoms. The van der Waals surface area contributed by atoms with Crippen LogP contribution in [-0.2, 0) is 9.53 Å². The fourth-order valence-corrected chi connectivity index (χ4v) is 3.23. The Labute approximate surface area is 121 Å². The summed E-state index contributed by atoms with van der Waals surface area (Å²) in [6.45, 7) is 8.21. The van der Waals surface area contributed by atoms with E-state index < -0.39 is 0 Å². The Morgan fingerprint density at radius 2 is 1.85 bits per heavy atom. The Bertz CT molecular complexity index is 362. The molecule has 2 heterocycles. The molecule has 0 N–H and O–H groups in total. The average Bonchev–Trinajstić information content (AvgIpc) is 2.44. The molecule has 0 radical (unpaired) electrons. The van der Waals surface area contributed by atoms with E-state index in [2.05, 4.69) is 11.0 Å². The van der Waals surface area contributed by atoms with Crippen molar-refractivity contribution < 1.29 is 9.53 Å². The topological polar surface area (TPSA) is 56.6 Å². The molecule has 2 atom stereocenters. The van der Waals surface area contributed by atoms with Gasteiger partial charge in [-0.2, -0.15) is 5.26 Å². The summed E-state index contributed by atoms with van der Waals surface area (Å²) >= 11 is 0. The molecule has 0 aromatic carbocycles. The number of amides is 1.